The fourth-order valence-electron chi connectivity index (χ4n) is 2.59. The first-order valence-electron chi connectivity index (χ1n) is 8.40. The number of hydrogen-bond donors (Lipinski definition) is 0. The molecule has 0 spiro atoms. The smallest absolute Gasteiger partial charge is 0.345 e. The monoisotopic (exact) mass is 419 g/mol. The fourth-order valence-corrected chi connectivity index (χ4v) is 2.99. The fraction of sp³-hybridized carbons (Fsp3) is 0.647. The van der Waals surface area contributed by atoms with Gasteiger partial charge in [-0.1, -0.05) is 0 Å². The zero-order valence-corrected chi connectivity index (χ0v) is 16.3. The summed E-state index contributed by atoms with van der Waals surface area (Å²) in [5.41, 5.74) is 1.54. The number of hydrogen-bond acceptors (Lipinski definition) is 4. The minimum atomic E-state index is -2.71. The van der Waals surface area contributed by atoms with E-state index in [1.54, 1.807) is 6.34 Å². The number of aryl methyl sites for hydroxylation is 1. The van der Waals surface area contributed by atoms with Gasteiger partial charge < -0.3 is 14.4 Å². The van der Waals surface area contributed by atoms with Crippen molar-refractivity contribution in [3.63, 3.8) is 0 Å². The van der Waals surface area contributed by atoms with Crippen LogP contribution in [-0.4, -0.2) is 48.6 Å². The van der Waals surface area contributed by atoms with E-state index in [0.29, 0.717) is 31.6 Å². The van der Waals surface area contributed by atoms with Gasteiger partial charge in [0.2, 0.25) is 5.88 Å². The summed E-state index contributed by atoms with van der Waals surface area (Å²) in [6.07, 6.45) is 3.82. The van der Waals surface area contributed by atoms with E-state index in [1.165, 1.54) is 0 Å². The summed E-state index contributed by atoms with van der Waals surface area (Å²) in [4.78, 5) is 10.9. The number of pyridine rings is 1. The highest BCUT2D eigenvalue weighted by molar-refractivity contribution is 9.10. The van der Waals surface area contributed by atoms with E-state index in [0.717, 1.165) is 22.4 Å². The van der Waals surface area contributed by atoms with Gasteiger partial charge in [0.1, 0.15) is 6.10 Å². The lowest BCUT2D eigenvalue weighted by Crippen LogP contribution is -2.29. The third-order valence-corrected chi connectivity index (χ3v) is 4.76. The Kier molecular flexibility index (Phi) is 7.56. The van der Waals surface area contributed by atoms with Gasteiger partial charge in [0.25, 0.3) is 0 Å². The molecule has 8 heteroatoms. The van der Waals surface area contributed by atoms with Crippen molar-refractivity contribution in [1.29, 1.82) is 0 Å². The third kappa shape index (κ3) is 6.18. The molecule has 0 amide bonds. The summed E-state index contributed by atoms with van der Waals surface area (Å²) in [5, 5.41) is 0. The van der Waals surface area contributed by atoms with E-state index < -0.39 is 6.61 Å². The van der Waals surface area contributed by atoms with Gasteiger partial charge in [-0.3, -0.25) is 0 Å². The van der Waals surface area contributed by atoms with Crippen molar-refractivity contribution in [2.24, 2.45) is 4.99 Å². The van der Waals surface area contributed by atoms with Gasteiger partial charge in [-0.05, 0) is 61.5 Å². The summed E-state index contributed by atoms with van der Waals surface area (Å²) < 4.78 is 35.8. The lowest BCUT2D eigenvalue weighted by molar-refractivity contribution is -0.173. The lowest BCUT2D eigenvalue weighted by Gasteiger charge is -2.28. The topological polar surface area (TPSA) is 47.0 Å². The molecular weight excluding hydrogens is 396 g/mol. The Morgan fingerprint density at radius 1 is 1.36 bits per heavy atom. The summed E-state index contributed by atoms with van der Waals surface area (Å²) in [7, 11) is 1.95. The van der Waals surface area contributed by atoms with Crippen LogP contribution in [0.5, 0.6) is 5.88 Å². The predicted octanol–water partition coefficient (Wildman–Crippen LogP) is 4.69. The Morgan fingerprint density at radius 3 is 2.60 bits per heavy atom. The minimum Gasteiger partial charge on any atom is -0.474 e. The molecule has 0 bridgehead atoms. The first-order valence-corrected chi connectivity index (χ1v) is 9.20. The van der Waals surface area contributed by atoms with Crippen LogP contribution in [0.25, 0.3) is 0 Å². The second-order valence-electron chi connectivity index (χ2n) is 6.11. The molecule has 25 heavy (non-hydrogen) atoms. The van der Waals surface area contributed by atoms with Gasteiger partial charge in [-0.25, -0.2) is 9.98 Å². The molecule has 1 heterocycles. The number of halogens is 3. The van der Waals surface area contributed by atoms with Crippen LogP contribution in [0, 0.1) is 6.92 Å². The highest BCUT2D eigenvalue weighted by atomic mass is 79.9. The molecule has 0 unspecified atom stereocenters. The van der Waals surface area contributed by atoms with Gasteiger partial charge in [-0.2, -0.15) is 8.78 Å². The molecule has 1 aliphatic rings. The molecule has 0 saturated heterocycles. The number of rotatable bonds is 7. The Balaban J connectivity index is 1.97. The summed E-state index contributed by atoms with van der Waals surface area (Å²) >= 11 is 3.48. The number of aromatic nitrogens is 1. The minimum absolute atomic E-state index is 0.0405. The normalized spacial score (nSPS) is 21.1. The molecule has 1 aliphatic carbocycles. The van der Waals surface area contributed by atoms with E-state index >= 15 is 0 Å². The summed E-state index contributed by atoms with van der Waals surface area (Å²) in [6, 6.07) is 1.88. The quantitative estimate of drug-likeness (QED) is 0.474. The molecule has 2 rings (SSSR count). The molecule has 0 atom stereocenters. The predicted molar refractivity (Wildman–Crippen MR) is 96.9 cm³/mol. The maximum atomic E-state index is 12.2. The van der Waals surface area contributed by atoms with Gasteiger partial charge in [0.05, 0.1) is 28.3 Å². The molecule has 1 aromatic rings. The molecule has 1 fully saturated rings. The molecular formula is C17H24BrF2N3O2. The van der Waals surface area contributed by atoms with Crippen molar-refractivity contribution in [3.8, 4) is 5.88 Å². The Morgan fingerprint density at radius 2 is 2.00 bits per heavy atom. The van der Waals surface area contributed by atoms with Crippen LogP contribution in [0.1, 0.15) is 38.3 Å². The van der Waals surface area contributed by atoms with Gasteiger partial charge in [0.15, 0.2) is 0 Å². The van der Waals surface area contributed by atoms with E-state index in [4.69, 9.17) is 4.74 Å². The van der Waals surface area contributed by atoms with Crippen molar-refractivity contribution in [1.82, 2.24) is 9.88 Å². The third-order valence-electron chi connectivity index (χ3n) is 4.20. The van der Waals surface area contributed by atoms with Gasteiger partial charge in [-0.15, -0.1) is 0 Å². The van der Waals surface area contributed by atoms with E-state index in [-0.39, 0.29) is 12.2 Å². The standard InChI is InChI=1S/C17H24BrF2N3O2/c1-4-23(3)10-21-15-9-14(18)16(22-11(15)2)24-12-5-7-13(8-6-12)25-17(19)20/h9-10,12-13,17H,4-8H2,1-3H3/t12-,13-. The second-order valence-corrected chi connectivity index (χ2v) is 6.97. The number of alkyl halides is 2. The first-order chi connectivity index (χ1) is 11.9. The van der Waals surface area contributed by atoms with Crippen LogP contribution in [0.15, 0.2) is 15.5 Å². The van der Waals surface area contributed by atoms with Crippen molar-refractivity contribution in [2.75, 3.05) is 13.6 Å². The second kappa shape index (κ2) is 9.43. The van der Waals surface area contributed by atoms with Crippen LogP contribution in [-0.2, 0) is 4.74 Å². The number of ether oxygens (including phenoxy) is 2. The molecule has 0 N–H and O–H groups in total. The molecule has 1 aromatic heterocycles. The molecule has 1 saturated carbocycles. The SMILES string of the molecule is CCN(C)C=Nc1cc(Br)c(O[C@H]2CC[C@H](OC(F)F)CC2)nc1C. The Hall–Kier alpha value is -1.28. The van der Waals surface area contributed by atoms with Crippen LogP contribution in [0.2, 0.25) is 0 Å². The Labute approximate surface area is 155 Å². The average Bonchev–Trinajstić information content (AvgIpc) is 2.57. The first kappa shape index (κ1) is 20.0. The molecule has 0 aromatic carbocycles. The van der Waals surface area contributed by atoms with Crippen molar-refractivity contribution in [2.45, 2.75) is 58.4 Å². The maximum Gasteiger partial charge on any atom is 0.345 e. The van der Waals surface area contributed by atoms with Crippen molar-refractivity contribution in [3.05, 3.63) is 16.2 Å². The number of aliphatic imine (C=N–C) groups is 1. The van der Waals surface area contributed by atoms with Crippen molar-refractivity contribution < 1.29 is 18.3 Å². The van der Waals surface area contributed by atoms with E-state index in [1.807, 2.05) is 31.9 Å². The highest BCUT2D eigenvalue weighted by Crippen LogP contribution is 2.33. The maximum absolute atomic E-state index is 12.2. The summed E-state index contributed by atoms with van der Waals surface area (Å²) in [6.45, 7) is 2.09. The largest absolute Gasteiger partial charge is 0.474 e. The highest BCUT2D eigenvalue weighted by Gasteiger charge is 2.26. The zero-order chi connectivity index (χ0) is 18.4. The van der Waals surface area contributed by atoms with Gasteiger partial charge >= 0.3 is 6.61 Å². The molecule has 5 nitrogen and oxygen atoms in total. The van der Waals surface area contributed by atoms with Crippen LogP contribution in [0.3, 0.4) is 0 Å². The number of nitrogens with zero attached hydrogens (tertiary/aromatic N) is 3. The van der Waals surface area contributed by atoms with Crippen LogP contribution < -0.4 is 4.74 Å². The van der Waals surface area contributed by atoms with E-state index in [2.05, 4.69) is 30.6 Å². The molecule has 0 radical (unpaired) electrons. The zero-order valence-electron chi connectivity index (χ0n) is 14.7. The molecule has 140 valence electrons. The molecule has 0 aliphatic heterocycles. The van der Waals surface area contributed by atoms with Gasteiger partial charge in [0, 0.05) is 13.6 Å². The Bertz CT molecular complexity index is 594. The average molecular weight is 420 g/mol. The lowest BCUT2D eigenvalue weighted by atomic mass is 9.95. The van der Waals surface area contributed by atoms with E-state index in [9.17, 15) is 8.78 Å². The van der Waals surface area contributed by atoms with Crippen LogP contribution in [0.4, 0.5) is 14.5 Å². The van der Waals surface area contributed by atoms with Crippen molar-refractivity contribution >= 4 is 28.0 Å². The summed E-state index contributed by atoms with van der Waals surface area (Å²) in [5.74, 6) is 0.513. The van der Waals surface area contributed by atoms with Crippen LogP contribution >= 0.6 is 15.9 Å².